The van der Waals surface area contributed by atoms with Gasteiger partial charge in [-0.3, -0.25) is 4.68 Å². The lowest BCUT2D eigenvalue weighted by molar-refractivity contribution is 0.519. The molecule has 3 heteroatoms. The Bertz CT molecular complexity index is 618. The highest BCUT2D eigenvalue weighted by Crippen LogP contribution is 2.32. The molecule has 0 fully saturated rings. The Hall–Kier alpha value is -1.64. The number of rotatable bonds is 2. The van der Waals surface area contributed by atoms with Crippen LogP contribution in [0, 0.1) is 12.7 Å². The van der Waals surface area contributed by atoms with Crippen molar-refractivity contribution in [3.8, 4) is 11.1 Å². The van der Waals surface area contributed by atoms with Gasteiger partial charge in [-0.25, -0.2) is 4.39 Å². The van der Waals surface area contributed by atoms with Gasteiger partial charge in [0, 0.05) is 17.8 Å². The molecular weight excluding hydrogens is 251 g/mol. The molecule has 0 radical (unpaired) electrons. The van der Waals surface area contributed by atoms with E-state index < -0.39 is 0 Å². The second-order valence-electron chi connectivity index (χ2n) is 6.71. The van der Waals surface area contributed by atoms with Gasteiger partial charge in [-0.2, -0.15) is 5.10 Å². The second-order valence-corrected chi connectivity index (χ2v) is 6.71. The van der Waals surface area contributed by atoms with Crippen LogP contribution in [0.3, 0.4) is 0 Å². The summed E-state index contributed by atoms with van der Waals surface area (Å²) in [6.07, 6.45) is 3.86. The van der Waals surface area contributed by atoms with Gasteiger partial charge in [0.25, 0.3) is 0 Å². The maximum absolute atomic E-state index is 14.3. The predicted molar refractivity (Wildman–Crippen MR) is 81.4 cm³/mol. The number of aryl methyl sites for hydroxylation is 1. The molecule has 0 N–H and O–H groups in total. The molecule has 0 aliphatic heterocycles. The number of hydrogen-bond acceptors (Lipinski definition) is 1. The Morgan fingerprint density at radius 1 is 1.15 bits per heavy atom. The van der Waals surface area contributed by atoms with Crippen LogP contribution < -0.4 is 0 Å². The lowest BCUT2D eigenvalue weighted by Crippen LogP contribution is -2.14. The summed E-state index contributed by atoms with van der Waals surface area (Å²) < 4.78 is 16.2. The van der Waals surface area contributed by atoms with Gasteiger partial charge in [-0.05, 0) is 55.0 Å². The molecule has 0 aliphatic carbocycles. The molecule has 1 heterocycles. The van der Waals surface area contributed by atoms with Gasteiger partial charge in [0.2, 0.25) is 0 Å². The number of nitrogens with zero attached hydrogens (tertiary/aromatic N) is 2. The maximum atomic E-state index is 14.3. The maximum Gasteiger partial charge on any atom is 0.129 e. The van der Waals surface area contributed by atoms with E-state index in [0.717, 1.165) is 16.7 Å². The van der Waals surface area contributed by atoms with Crippen LogP contribution in [-0.2, 0) is 5.41 Å². The number of benzene rings is 1. The van der Waals surface area contributed by atoms with Crippen molar-refractivity contribution in [2.75, 3.05) is 0 Å². The van der Waals surface area contributed by atoms with Gasteiger partial charge in [0.15, 0.2) is 0 Å². The molecule has 0 saturated carbocycles. The number of aromatic nitrogens is 2. The van der Waals surface area contributed by atoms with Crippen molar-refractivity contribution in [1.82, 2.24) is 9.78 Å². The van der Waals surface area contributed by atoms with E-state index in [1.807, 2.05) is 56.9 Å². The lowest BCUT2D eigenvalue weighted by Gasteiger charge is -2.21. The highest BCUT2D eigenvalue weighted by Gasteiger charge is 2.21. The third kappa shape index (κ3) is 2.77. The summed E-state index contributed by atoms with van der Waals surface area (Å²) in [6.45, 7) is 12.1. The molecule has 0 spiro atoms. The Balaban J connectivity index is 2.54. The summed E-state index contributed by atoms with van der Waals surface area (Å²) in [5, 5.41) is 4.36. The third-order valence-corrected chi connectivity index (χ3v) is 3.53. The van der Waals surface area contributed by atoms with Gasteiger partial charge in [-0.1, -0.05) is 20.8 Å². The van der Waals surface area contributed by atoms with E-state index in [4.69, 9.17) is 0 Å². The van der Waals surface area contributed by atoms with E-state index in [2.05, 4.69) is 18.9 Å². The van der Waals surface area contributed by atoms with Crippen LogP contribution in [0.5, 0.6) is 0 Å². The van der Waals surface area contributed by atoms with Gasteiger partial charge < -0.3 is 0 Å². The predicted octanol–water partition coefficient (Wildman–Crippen LogP) is 4.88. The molecule has 1 aromatic heterocycles. The fraction of sp³-hybridized carbons (Fsp3) is 0.471. The van der Waals surface area contributed by atoms with Crippen LogP contribution in [0.1, 0.15) is 51.8 Å². The van der Waals surface area contributed by atoms with Crippen LogP contribution in [0.4, 0.5) is 4.39 Å². The van der Waals surface area contributed by atoms with Crippen molar-refractivity contribution < 1.29 is 4.39 Å². The average molecular weight is 274 g/mol. The van der Waals surface area contributed by atoms with Crippen molar-refractivity contribution in [1.29, 1.82) is 0 Å². The SMILES string of the molecule is Cc1cc(-c2cnn(C(C)C)c2)cc(C(C)(C)C)c1F. The fourth-order valence-electron chi connectivity index (χ4n) is 2.25. The van der Waals surface area contributed by atoms with Crippen LogP contribution >= 0.6 is 0 Å². The molecule has 0 amide bonds. The zero-order valence-corrected chi connectivity index (χ0v) is 13.2. The smallest absolute Gasteiger partial charge is 0.129 e. The zero-order chi connectivity index (χ0) is 15.1. The first-order valence-electron chi connectivity index (χ1n) is 7.05. The highest BCUT2D eigenvalue weighted by atomic mass is 19.1. The zero-order valence-electron chi connectivity index (χ0n) is 13.2. The normalized spacial score (nSPS) is 12.2. The average Bonchev–Trinajstić information content (AvgIpc) is 2.80. The molecule has 0 saturated heterocycles. The summed E-state index contributed by atoms with van der Waals surface area (Å²) in [6, 6.07) is 4.17. The monoisotopic (exact) mass is 274 g/mol. The lowest BCUT2D eigenvalue weighted by atomic mass is 9.84. The van der Waals surface area contributed by atoms with Crippen molar-refractivity contribution in [2.24, 2.45) is 0 Å². The first-order valence-corrected chi connectivity index (χ1v) is 7.05. The molecular formula is C17H23FN2. The summed E-state index contributed by atoms with van der Waals surface area (Å²) in [7, 11) is 0. The minimum atomic E-state index is -0.209. The Morgan fingerprint density at radius 3 is 2.30 bits per heavy atom. The molecule has 1 aromatic carbocycles. The quantitative estimate of drug-likeness (QED) is 0.763. The highest BCUT2D eigenvalue weighted by molar-refractivity contribution is 5.64. The molecule has 0 bridgehead atoms. The third-order valence-electron chi connectivity index (χ3n) is 3.53. The second kappa shape index (κ2) is 5.04. The van der Waals surface area contributed by atoms with Crippen LogP contribution in [0.2, 0.25) is 0 Å². The van der Waals surface area contributed by atoms with E-state index in [1.54, 1.807) is 0 Å². The molecule has 0 aliphatic rings. The summed E-state index contributed by atoms with van der Waals surface area (Å²) in [4.78, 5) is 0. The first-order chi connectivity index (χ1) is 9.20. The Labute approximate surface area is 120 Å². The summed E-state index contributed by atoms with van der Waals surface area (Å²) >= 11 is 0. The van der Waals surface area contributed by atoms with E-state index in [1.165, 1.54) is 0 Å². The van der Waals surface area contributed by atoms with Crippen molar-refractivity contribution in [3.05, 3.63) is 41.5 Å². The molecule has 2 nitrogen and oxygen atoms in total. The molecule has 2 rings (SSSR count). The fourth-order valence-corrected chi connectivity index (χ4v) is 2.25. The Morgan fingerprint density at radius 2 is 1.80 bits per heavy atom. The van der Waals surface area contributed by atoms with E-state index in [9.17, 15) is 4.39 Å². The van der Waals surface area contributed by atoms with E-state index in [0.29, 0.717) is 11.6 Å². The largest absolute Gasteiger partial charge is 0.270 e. The summed E-state index contributed by atoms with van der Waals surface area (Å²) in [5.74, 6) is -0.0995. The van der Waals surface area contributed by atoms with E-state index in [-0.39, 0.29) is 11.2 Å². The van der Waals surface area contributed by atoms with Gasteiger partial charge in [0.1, 0.15) is 5.82 Å². The van der Waals surface area contributed by atoms with Crippen LogP contribution in [-0.4, -0.2) is 9.78 Å². The first kappa shape index (κ1) is 14.8. The Kier molecular flexibility index (Phi) is 3.72. The summed E-state index contributed by atoms with van der Waals surface area (Å²) in [5.41, 5.74) is 3.29. The van der Waals surface area contributed by atoms with E-state index >= 15 is 0 Å². The van der Waals surface area contributed by atoms with Crippen molar-refractivity contribution >= 4 is 0 Å². The van der Waals surface area contributed by atoms with Crippen LogP contribution in [0.15, 0.2) is 24.5 Å². The number of hydrogen-bond donors (Lipinski definition) is 0. The minimum Gasteiger partial charge on any atom is -0.270 e. The van der Waals surface area contributed by atoms with Gasteiger partial charge in [0.05, 0.1) is 6.20 Å². The molecule has 0 atom stereocenters. The van der Waals surface area contributed by atoms with Gasteiger partial charge in [-0.15, -0.1) is 0 Å². The van der Waals surface area contributed by atoms with Crippen molar-refractivity contribution in [2.45, 2.75) is 53.0 Å². The minimum absolute atomic E-state index is 0.0995. The molecule has 0 unspecified atom stereocenters. The van der Waals surface area contributed by atoms with Gasteiger partial charge >= 0.3 is 0 Å². The number of halogens is 1. The molecule has 2 aromatic rings. The van der Waals surface area contributed by atoms with Crippen molar-refractivity contribution in [3.63, 3.8) is 0 Å². The topological polar surface area (TPSA) is 17.8 Å². The molecule has 108 valence electrons. The standard InChI is InChI=1S/C17H23FN2/c1-11(2)20-10-14(9-19-20)13-7-12(3)16(18)15(8-13)17(4,5)6/h7-11H,1-6H3. The van der Waals surface area contributed by atoms with Crippen LogP contribution in [0.25, 0.3) is 11.1 Å². The molecule has 20 heavy (non-hydrogen) atoms.